The molecule has 3 aromatic rings. The average Bonchev–Trinajstić information content (AvgIpc) is 3.44. The fraction of sp³-hybridized carbons (Fsp3) is 0.333. The Morgan fingerprint density at radius 2 is 1.79 bits per heavy atom. The van der Waals surface area contributed by atoms with E-state index in [9.17, 15) is 9.50 Å². The summed E-state index contributed by atoms with van der Waals surface area (Å²) in [5, 5.41) is 10.6. The van der Waals surface area contributed by atoms with Crippen LogP contribution in [0.25, 0.3) is 0 Å². The molecule has 0 radical (unpaired) electrons. The molecule has 28 heavy (non-hydrogen) atoms. The molecule has 1 aromatic heterocycles. The molecule has 146 valence electrons. The standard InChI is InChI=1S/C24H27FN2O/c25-21-9-4-8-20(14-21)16-26-13-5-10-23(26)17-27(22-11-12-22)18-24(28)15-19-6-2-1-3-7-19/h1-10,13-14,22,24,28H,11-12,15-18H2/t24-/m1/s1. The van der Waals surface area contributed by atoms with Gasteiger partial charge in [0.15, 0.2) is 0 Å². The molecule has 0 saturated heterocycles. The molecule has 1 atom stereocenters. The van der Waals surface area contributed by atoms with E-state index in [2.05, 4.69) is 27.7 Å². The van der Waals surface area contributed by atoms with Crippen LogP contribution in [0.15, 0.2) is 72.9 Å². The molecule has 1 aliphatic rings. The van der Waals surface area contributed by atoms with Crippen molar-refractivity contribution in [3.05, 3.63) is 95.6 Å². The van der Waals surface area contributed by atoms with Gasteiger partial charge in [-0.25, -0.2) is 4.39 Å². The van der Waals surface area contributed by atoms with Gasteiger partial charge in [-0.1, -0.05) is 42.5 Å². The molecule has 0 aliphatic heterocycles. The van der Waals surface area contributed by atoms with Gasteiger partial charge in [0.2, 0.25) is 0 Å². The number of aliphatic hydroxyl groups is 1. The van der Waals surface area contributed by atoms with Crippen molar-refractivity contribution in [2.24, 2.45) is 0 Å². The normalized spacial score (nSPS) is 15.1. The maximum Gasteiger partial charge on any atom is 0.123 e. The van der Waals surface area contributed by atoms with E-state index >= 15 is 0 Å². The van der Waals surface area contributed by atoms with Gasteiger partial charge >= 0.3 is 0 Å². The first kappa shape index (κ1) is 18.9. The Labute approximate surface area is 166 Å². The van der Waals surface area contributed by atoms with E-state index in [1.54, 1.807) is 12.1 Å². The van der Waals surface area contributed by atoms with Crippen LogP contribution in [0.2, 0.25) is 0 Å². The Bertz CT molecular complexity index is 888. The van der Waals surface area contributed by atoms with Crippen LogP contribution in [0.1, 0.15) is 29.7 Å². The van der Waals surface area contributed by atoms with E-state index in [-0.39, 0.29) is 11.9 Å². The van der Waals surface area contributed by atoms with Crippen molar-refractivity contribution >= 4 is 0 Å². The number of halogens is 1. The predicted molar refractivity (Wildman–Crippen MR) is 110 cm³/mol. The molecule has 1 aliphatic carbocycles. The maximum absolute atomic E-state index is 13.5. The maximum atomic E-state index is 13.5. The van der Waals surface area contributed by atoms with Gasteiger partial charge in [0.25, 0.3) is 0 Å². The van der Waals surface area contributed by atoms with E-state index in [1.165, 1.54) is 30.2 Å². The van der Waals surface area contributed by atoms with Crippen LogP contribution in [0.5, 0.6) is 0 Å². The second kappa shape index (κ2) is 8.72. The summed E-state index contributed by atoms with van der Waals surface area (Å²) < 4.78 is 15.7. The average molecular weight is 378 g/mol. The summed E-state index contributed by atoms with van der Waals surface area (Å²) in [5.74, 6) is -0.199. The van der Waals surface area contributed by atoms with E-state index in [4.69, 9.17) is 0 Å². The Balaban J connectivity index is 1.41. The zero-order chi connectivity index (χ0) is 19.3. The van der Waals surface area contributed by atoms with Gasteiger partial charge in [0.05, 0.1) is 6.10 Å². The molecule has 1 saturated carbocycles. The van der Waals surface area contributed by atoms with Crippen LogP contribution >= 0.6 is 0 Å². The van der Waals surface area contributed by atoms with E-state index in [1.807, 2.05) is 36.5 Å². The summed E-state index contributed by atoms with van der Waals surface area (Å²) in [4.78, 5) is 2.39. The van der Waals surface area contributed by atoms with Gasteiger partial charge < -0.3 is 9.67 Å². The van der Waals surface area contributed by atoms with E-state index in [0.717, 1.165) is 12.1 Å². The third kappa shape index (κ3) is 5.09. The van der Waals surface area contributed by atoms with Gasteiger partial charge in [0, 0.05) is 37.6 Å². The molecule has 1 N–H and O–H groups in total. The summed E-state index contributed by atoms with van der Waals surface area (Å²) in [5.41, 5.74) is 3.32. The minimum atomic E-state index is -0.380. The summed E-state index contributed by atoms with van der Waals surface area (Å²) >= 11 is 0. The van der Waals surface area contributed by atoms with Gasteiger partial charge in [-0.15, -0.1) is 0 Å². The van der Waals surface area contributed by atoms with Crippen LogP contribution in [0, 0.1) is 5.82 Å². The van der Waals surface area contributed by atoms with Gasteiger partial charge in [-0.2, -0.15) is 0 Å². The van der Waals surface area contributed by atoms with Crippen molar-refractivity contribution < 1.29 is 9.50 Å². The quantitative estimate of drug-likeness (QED) is 0.603. The number of hydrogen-bond acceptors (Lipinski definition) is 2. The first-order chi connectivity index (χ1) is 13.7. The zero-order valence-corrected chi connectivity index (χ0v) is 16.0. The molecule has 0 unspecified atom stereocenters. The van der Waals surface area contributed by atoms with Crippen molar-refractivity contribution in [1.82, 2.24) is 9.47 Å². The number of aliphatic hydroxyl groups excluding tert-OH is 1. The van der Waals surface area contributed by atoms with Crippen LogP contribution in [-0.2, 0) is 19.5 Å². The molecular weight excluding hydrogens is 351 g/mol. The highest BCUT2D eigenvalue weighted by Gasteiger charge is 2.30. The molecule has 0 amide bonds. The number of nitrogens with zero attached hydrogens (tertiary/aromatic N) is 2. The van der Waals surface area contributed by atoms with Crippen molar-refractivity contribution in [1.29, 1.82) is 0 Å². The topological polar surface area (TPSA) is 28.4 Å². The third-order valence-corrected chi connectivity index (χ3v) is 5.35. The molecular formula is C24H27FN2O. The van der Waals surface area contributed by atoms with Crippen molar-refractivity contribution in [2.75, 3.05) is 6.54 Å². The molecule has 1 fully saturated rings. The predicted octanol–water partition coefficient (Wildman–Crippen LogP) is 4.24. The van der Waals surface area contributed by atoms with Gasteiger partial charge in [-0.05, 0) is 54.7 Å². The lowest BCUT2D eigenvalue weighted by atomic mass is 10.1. The summed E-state index contributed by atoms with van der Waals surface area (Å²) in [6.45, 7) is 2.13. The number of benzene rings is 2. The third-order valence-electron chi connectivity index (χ3n) is 5.35. The SMILES string of the molecule is O[C@H](Cc1ccccc1)CN(Cc1cccn1Cc1cccc(F)c1)C1CC1. The highest BCUT2D eigenvalue weighted by molar-refractivity contribution is 5.19. The van der Waals surface area contributed by atoms with Crippen LogP contribution in [0.4, 0.5) is 4.39 Å². The Morgan fingerprint density at radius 1 is 1.00 bits per heavy atom. The summed E-state index contributed by atoms with van der Waals surface area (Å²) in [6, 6.07) is 21.7. The van der Waals surface area contributed by atoms with Crippen molar-refractivity contribution in [3.8, 4) is 0 Å². The van der Waals surface area contributed by atoms with Crippen LogP contribution in [0.3, 0.4) is 0 Å². The Hall–Kier alpha value is -2.43. The van der Waals surface area contributed by atoms with Gasteiger partial charge in [0.1, 0.15) is 5.82 Å². The number of aromatic nitrogens is 1. The highest BCUT2D eigenvalue weighted by atomic mass is 19.1. The Kier molecular flexibility index (Phi) is 5.89. The molecule has 1 heterocycles. The molecule has 0 spiro atoms. The van der Waals surface area contributed by atoms with E-state index < -0.39 is 0 Å². The van der Waals surface area contributed by atoms with Crippen molar-refractivity contribution in [3.63, 3.8) is 0 Å². The molecule has 2 aromatic carbocycles. The second-order valence-electron chi connectivity index (χ2n) is 7.76. The van der Waals surface area contributed by atoms with E-state index in [0.29, 0.717) is 25.6 Å². The van der Waals surface area contributed by atoms with Crippen LogP contribution < -0.4 is 0 Å². The summed E-state index contributed by atoms with van der Waals surface area (Å²) in [7, 11) is 0. The largest absolute Gasteiger partial charge is 0.391 e. The molecule has 4 rings (SSSR count). The molecule has 4 heteroatoms. The lowest BCUT2D eigenvalue weighted by molar-refractivity contribution is 0.103. The Morgan fingerprint density at radius 3 is 2.54 bits per heavy atom. The smallest absolute Gasteiger partial charge is 0.123 e. The monoisotopic (exact) mass is 378 g/mol. The molecule has 3 nitrogen and oxygen atoms in total. The number of hydrogen-bond donors (Lipinski definition) is 1. The fourth-order valence-corrected chi connectivity index (χ4v) is 3.79. The van der Waals surface area contributed by atoms with Crippen LogP contribution in [-0.4, -0.2) is 33.3 Å². The fourth-order valence-electron chi connectivity index (χ4n) is 3.79. The van der Waals surface area contributed by atoms with Gasteiger partial charge in [-0.3, -0.25) is 4.90 Å². The highest BCUT2D eigenvalue weighted by Crippen LogP contribution is 2.29. The summed E-state index contributed by atoms with van der Waals surface area (Å²) in [6.07, 6.45) is 4.74. The zero-order valence-electron chi connectivity index (χ0n) is 16.0. The lowest BCUT2D eigenvalue weighted by Crippen LogP contribution is -2.35. The number of rotatable bonds is 9. The first-order valence-corrected chi connectivity index (χ1v) is 10.0. The minimum Gasteiger partial charge on any atom is -0.391 e. The van der Waals surface area contributed by atoms with Crippen molar-refractivity contribution in [2.45, 2.75) is 44.5 Å². The second-order valence-corrected chi connectivity index (χ2v) is 7.76. The first-order valence-electron chi connectivity index (χ1n) is 10.0. The lowest BCUT2D eigenvalue weighted by Gasteiger charge is -2.26. The molecule has 0 bridgehead atoms. The minimum absolute atomic E-state index is 0.199.